The van der Waals surface area contributed by atoms with E-state index < -0.39 is 0 Å². The molecule has 1 aromatic rings. The zero-order chi connectivity index (χ0) is 7.68. The highest BCUT2D eigenvalue weighted by Gasteiger charge is 2.15. The van der Waals surface area contributed by atoms with E-state index in [9.17, 15) is 5.11 Å². The maximum absolute atomic E-state index is 11.2. The standard InChI is InChI=1S/C8H9NOS/c10-7-3-1-4-9-5-2-6-11-8(7)9/h1,3-4H,2,5-6H2. The average molecular weight is 167 g/mol. The van der Waals surface area contributed by atoms with Crippen molar-refractivity contribution in [3.8, 4) is 5.75 Å². The Kier molecular flexibility index (Phi) is 1.74. The molecule has 3 heteroatoms. The number of thioether (sulfide) groups is 1. The van der Waals surface area contributed by atoms with E-state index in [4.69, 9.17) is 0 Å². The fraction of sp³-hybridized carbons (Fsp3) is 0.375. The lowest BCUT2D eigenvalue weighted by Gasteiger charge is -2.14. The van der Waals surface area contributed by atoms with Crippen molar-refractivity contribution in [3.63, 3.8) is 0 Å². The van der Waals surface area contributed by atoms with Gasteiger partial charge in [0.1, 0.15) is 6.54 Å². The highest BCUT2D eigenvalue weighted by molar-refractivity contribution is 7.99. The van der Waals surface area contributed by atoms with Crippen LogP contribution in [0.5, 0.6) is 5.75 Å². The molecule has 11 heavy (non-hydrogen) atoms. The van der Waals surface area contributed by atoms with Crippen molar-refractivity contribution in [2.24, 2.45) is 0 Å². The van der Waals surface area contributed by atoms with Gasteiger partial charge in [-0.15, -0.1) is 0 Å². The van der Waals surface area contributed by atoms with Crippen LogP contribution in [-0.2, 0) is 6.54 Å². The summed E-state index contributed by atoms with van der Waals surface area (Å²) in [5.74, 6) is 1.25. The molecule has 0 fully saturated rings. The molecule has 0 saturated carbocycles. The number of pyridine rings is 1. The molecule has 0 radical (unpaired) electrons. The molecule has 0 aromatic carbocycles. The predicted molar refractivity (Wildman–Crippen MR) is 41.4 cm³/mol. The van der Waals surface area contributed by atoms with E-state index in [1.165, 1.54) is 6.42 Å². The Bertz CT molecular complexity index is 275. The van der Waals surface area contributed by atoms with Crippen LogP contribution in [0.25, 0.3) is 0 Å². The first-order chi connectivity index (χ1) is 5.38. The molecule has 1 aromatic heterocycles. The Labute approximate surface area is 69.9 Å². The Morgan fingerprint density at radius 1 is 1.55 bits per heavy atom. The average Bonchev–Trinajstić information content (AvgIpc) is 2.06. The van der Waals surface area contributed by atoms with Gasteiger partial charge in [-0.25, -0.2) is 0 Å². The van der Waals surface area contributed by atoms with Gasteiger partial charge < -0.3 is 5.11 Å². The zero-order valence-corrected chi connectivity index (χ0v) is 6.93. The SMILES string of the molecule is [O-]c1ccc[n+]2c1SCCC2. The van der Waals surface area contributed by atoms with Gasteiger partial charge in [0.2, 0.25) is 5.03 Å². The molecule has 2 heterocycles. The van der Waals surface area contributed by atoms with Crippen LogP contribution < -0.4 is 9.67 Å². The Morgan fingerprint density at radius 2 is 2.45 bits per heavy atom. The molecule has 0 aliphatic carbocycles. The van der Waals surface area contributed by atoms with E-state index in [-0.39, 0.29) is 5.75 Å². The van der Waals surface area contributed by atoms with E-state index in [0.717, 1.165) is 17.3 Å². The van der Waals surface area contributed by atoms with Gasteiger partial charge in [-0.1, -0.05) is 17.8 Å². The number of aryl methyl sites for hydroxylation is 1. The van der Waals surface area contributed by atoms with Crippen molar-refractivity contribution in [3.05, 3.63) is 18.3 Å². The molecule has 0 atom stereocenters. The van der Waals surface area contributed by atoms with Gasteiger partial charge >= 0.3 is 0 Å². The summed E-state index contributed by atoms with van der Waals surface area (Å²) in [6.45, 7) is 0.998. The molecule has 0 bridgehead atoms. The molecule has 0 spiro atoms. The Hall–Kier alpha value is -0.700. The van der Waals surface area contributed by atoms with Crippen LogP contribution in [0, 0.1) is 0 Å². The highest BCUT2D eigenvalue weighted by atomic mass is 32.2. The van der Waals surface area contributed by atoms with E-state index in [1.54, 1.807) is 17.8 Å². The Morgan fingerprint density at radius 3 is 3.27 bits per heavy atom. The summed E-state index contributed by atoms with van der Waals surface area (Å²) in [5, 5.41) is 12.1. The quantitative estimate of drug-likeness (QED) is 0.527. The van der Waals surface area contributed by atoms with Gasteiger partial charge in [0.15, 0.2) is 6.20 Å². The van der Waals surface area contributed by atoms with Gasteiger partial charge in [-0.3, -0.25) is 0 Å². The summed E-state index contributed by atoms with van der Waals surface area (Å²) in [5.41, 5.74) is 0. The van der Waals surface area contributed by atoms with Crippen LogP contribution in [-0.4, -0.2) is 5.75 Å². The van der Waals surface area contributed by atoms with Crippen LogP contribution in [0.2, 0.25) is 0 Å². The molecular weight excluding hydrogens is 158 g/mol. The minimum Gasteiger partial charge on any atom is -0.868 e. The summed E-state index contributed by atoms with van der Waals surface area (Å²) in [7, 11) is 0. The second-order valence-corrected chi connectivity index (χ2v) is 3.66. The van der Waals surface area contributed by atoms with E-state index >= 15 is 0 Å². The molecule has 0 unspecified atom stereocenters. The molecule has 58 valence electrons. The summed E-state index contributed by atoms with van der Waals surface area (Å²) >= 11 is 1.67. The third-order valence-electron chi connectivity index (χ3n) is 1.77. The zero-order valence-electron chi connectivity index (χ0n) is 6.12. The van der Waals surface area contributed by atoms with Crippen molar-refractivity contribution in [2.75, 3.05) is 5.75 Å². The molecule has 0 amide bonds. The minimum absolute atomic E-state index is 0.164. The maximum Gasteiger partial charge on any atom is 0.232 e. The van der Waals surface area contributed by atoms with Crippen LogP contribution in [0.1, 0.15) is 6.42 Å². The van der Waals surface area contributed by atoms with E-state index in [0.29, 0.717) is 0 Å². The van der Waals surface area contributed by atoms with Crippen molar-refractivity contribution >= 4 is 11.8 Å². The van der Waals surface area contributed by atoms with Gasteiger partial charge in [0, 0.05) is 18.2 Å². The molecule has 1 aliphatic heterocycles. The monoisotopic (exact) mass is 167 g/mol. The summed E-state index contributed by atoms with van der Waals surface area (Å²) in [4.78, 5) is 0. The first-order valence-corrected chi connectivity index (χ1v) is 4.69. The fourth-order valence-corrected chi connectivity index (χ4v) is 2.24. The van der Waals surface area contributed by atoms with Crippen LogP contribution in [0.15, 0.2) is 23.4 Å². The number of fused-ring (bicyclic) bond motifs is 1. The Balaban J connectivity index is 2.49. The summed E-state index contributed by atoms with van der Waals surface area (Å²) in [6, 6.07) is 3.45. The van der Waals surface area contributed by atoms with Gasteiger partial charge in [0.05, 0.1) is 0 Å². The lowest BCUT2D eigenvalue weighted by atomic mass is 10.4. The minimum atomic E-state index is 0.164. The third kappa shape index (κ3) is 1.20. The van der Waals surface area contributed by atoms with Gasteiger partial charge in [-0.05, 0) is 5.75 Å². The molecule has 1 aliphatic rings. The second-order valence-electron chi connectivity index (χ2n) is 2.57. The van der Waals surface area contributed by atoms with E-state index in [2.05, 4.69) is 0 Å². The van der Waals surface area contributed by atoms with E-state index in [1.807, 2.05) is 16.8 Å². The normalized spacial score (nSPS) is 16.0. The first-order valence-electron chi connectivity index (χ1n) is 3.70. The topological polar surface area (TPSA) is 26.9 Å². The number of rotatable bonds is 0. The number of aromatic nitrogens is 1. The lowest BCUT2D eigenvalue weighted by Crippen LogP contribution is -2.39. The number of hydrogen-bond acceptors (Lipinski definition) is 2. The maximum atomic E-state index is 11.2. The smallest absolute Gasteiger partial charge is 0.232 e. The van der Waals surface area contributed by atoms with Crippen LogP contribution >= 0.6 is 11.8 Å². The summed E-state index contributed by atoms with van der Waals surface area (Å²) < 4.78 is 2.04. The molecule has 0 saturated heterocycles. The molecule has 2 nitrogen and oxygen atoms in total. The van der Waals surface area contributed by atoms with Crippen LogP contribution in [0.3, 0.4) is 0 Å². The fourth-order valence-electron chi connectivity index (χ4n) is 1.25. The predicted octanol–water partition coefficient (Wildman–Crippen LogP) is 0.543. The number of nitrogens with zero attached hydrogens (tertiary/aromatic N) is 1. The lowest BCUT2D eigenvalue weighted by molar-refractivity contribution is -0.737. The van der Waals surface area contributed by atoms with Crippen molar-refractivity contribution in [1.82, 2.24) is 0 Å². The van der Waals surface area contributed by atoms with Gasteiger partial charge in [0.25, 0.3) is 0 Å². The molecular formula is C8H9NOS. The summed E-state index contributed by atoms with van der Waals surface area (Å²) in [6.07, 6.45) is 3.15. The number of hydrogen-bond donors (Lipinski definition) is 0. The third-order valence-corrected chi connectivity index (χ3v) is 2.97. The second kappa shape index (κ2) is 2.74. The van der Waals surface area contributed by atoms with Crippen LogP contribution in [0.4, 0.5) is 0 Å². The molecule has 2 rings (SSSR count). The van der Waals surface area contributed by atoms with Crippen molar-refractivity contribution < 1.29 is 9.67 Å². The van der Waals surface area contributed by atoms with Gasteiger partial charge in [-0.2, -0.15) is 4.57 Å². The van der Waals surface area contributed by atoms with Crippen molar-refractivity contribution in [1.29, 1.82) is 0 Å². The first kappa shape index (κ1) is 6.98. The molecule has 0 N–H and O–H groups in total. The largest absolute Gasteiger partial charge is 0.868 e. The highest BCUT2D eigenvalue weighted by Crippen LogP contribution is 2.24. The van der Waals surface area contributed by atoms with Crippen molar-refractivity contribution in [2.45, 2.75) is 18.0 Å².